The summed E-state index contributed by atoms with van der Waals surface area (Å²) in [5.74, 6) is 2.61. The maximum Gasteiger partial charge on any atom is 0.193 e. The highest BCUT2D eigenvalue weighted by molar-refractivity contribution is 14.0. The summed E-state index contributed by atoms with van der Waals surface area (Å²) in [6.07, 6.45) is 4.52. The highest BCUT2D eigenvalue weighted by atomic mass is 127. The zero-order valence-corrected chi connectivity index (χ0v) is 19.8. The highest BCUT2D eigenvalue weighted by Gasteiger charge is 2.15. The number of nitrogens with one attached hydrogen (secondary N) is 1. The Morgan fingerprint density at radius 1 is 1.25 bits per heavy atom. The van der Waals surface area contributed by atoms with E-state index in [1.165, 1.54) is 19.3 Å². The minimum atomic E-state index is 0. The molecule has 1 fully saturated rings. The Kier molecular flexibility index (Phi) is 13.3. The lowest BCUT2D eigenvalue weighted by Crippen LogP contribution is -2.40. The molecular formula is C21H36IN3O3. The van der Waals surface area contributed by atoms with E-state index in [4.69, 9.17) is 14.2 Å². The van der Waals surface area contributed by atoms with Gasteiger partial charge in [-0.25, -0.2) is 0 Å². The molecule has 1 aromatic carbocycles. The first-order valence-electron chi connectivity index (χ1n) is 9.93. The molecular weight excluding hydrogens is 469 g/mol. The van der Waals surface area contributed by atoms with Crippen molar-refractivity contribution < 1.29 is 14.2 Å². The van der Waals surface area contributed by atoms with Crippen molar-refractivity contribution in [2.45, 2.75) is 32.3 Å². The van der Waals surface area contributed by atoms with E-state index < -0.39 is 0 Å². The Morgan fingerprint density at radius 3 is 2.61 bits per heavy atom. The normalized spacial score (nSPS) is 15.0. The van der Waals surface area contributed by atoms with Gasteiger partial charge in [0.2, 0.25) is 0 Å². The predicted octanol–water partition coefficient (Wildman–Crippen LogP) is 3.54. The van der Waals surface area contributed by atoms with Gasteiger partial charge in [0.25, 0.3) is 0 Å². The van der Waals surface area contributed by atoms with Crippen molar-refractivity contribution >= 4 is 29.9 Å². The number of hydrogen-bond acceptors (Lipinski definition) is 4. The number of nitrogens with zero attached hydrogens (tertiary/aromatic N) is 2. The molecule has 2 rings (SSSR count). The number of guanidine groups is 1. The standard InChI is InChI=1S/C21H35N3O3.HI/c1-22-21(24(2)13-9-18-10-15-26-16-11-18)23-12-4-14-27-17-19-5-7-20(25-3)8-6-19;/h5-8,18H,4,9-17H2,1-3H3,(H,22,23);1H. The SMILES string of the molecule is CN=C(NCCCOCc1ccc(OC)cc1)N(C)CCC1CCOCC1.I. The molecule has 0 bridgehead atoms. The van der Waals surface area contributed by atoms with E-state index in [-0.39, 0.29) is 24.0 Å². The van der Waals surface area contributed by atoms with Crippen LogP contribution in [0.5, 0.6) is 5.75 Å². The smallest absolute Gasteiger partial charge is 0.193 e. The van der Waals surface area contributed by atoms with E-state index >= 15 is 0 Å². The second kappa shape index (κ2) is 14.9. The van der Waals surface area contributed by atoms with E-state index in [9.17, 15) is 0 Å². The van der Waals surface area contributed by atoms with Crippen LogP contribution < -0.4 is 10.1 Å². The molecule has 0 amide bonds. The van der Waals surface area contributed by atoms with Crippen LogP contribution >= 0.6 is 24.0 Å². The van der Waals surface area contributed by atoms with Crippen molar-refractivity contribution in [3.05, 3.63) is 29.8 Å². The van der Waals surface area contributed by atoms with Gasteiger partial charge in [0.15, 0.2) is 5.96 Å². The Hall–Kier alpha value is -1.06. The molecule has 0 saturated carbocycles. The fourth-order valence-electron chi connectivity index (χ4n) is 3.19. The van der Waals surface area contributed by atoms with E-state index in [0.717, 1.165) is 62.5 Å². The molecule has 1 aliphatic heterocycles. The van der Waals surface area contributed by atoms with Crippen molar-refractivity contribution in [2.75, 3.05) is 54.1 Å². The van der Waals surface area contributed by atoms with Gasteiger partial charge in [0.05, 0.1) is 13.7 Å². The molecule has 28 heavy (non-hydrogen) atoms. The molecule has 1 heterocycles. The maximum absolute atomic E-state index is 5.75. The number of halogens is 1. The molecule has 0 aliphatic carbocycles. The van der Waals surface area contributed by atoms with Gasteiger partial charge in [-0.2, -0.15) is 0 Å². The second-order valence-corrected chi connectivity index (χ2v) is 6.99. The van der Waals surface area contributed by atoms with Gasteiger partial charge in [-0.15, -0.1) is 24.0 Å². The van der Waals surface area contributed by atoms with Crippen LogP contribution in [-0.2, 0) is 16.1 Å². The maximum atomic E-state index is 5.75. The van der Waals surface area contributed by atoms with E-state index in [2.05, 4.69) is 22.3 Å². The van der Waals surface area contributed by atoms with Crippen LogP contribution in [0.1, 0.15) is 31.2 Å². The zero-order chi connectivity index (χ0) is 19.3. The van der Waals surface area contributed by atoms with E-state index in [1.54, 1.807) is 7.11 Å². The van der Waals surface area contributed by atoms with Gasteiger partial charge in [0, 0.05) is 47.0 Å². The Bertz CT molecular complexity index is 548. The molecule has 0 atom stereocenters. The number of ether oxygens (including phenoxy) is 3. The van der Waals surface area contributed by atoms with Crippen molar-refractivity contribution in [3.63, 3.8) is 0 Å². The first kappa shape index (κ1) is 25.0. The van der Waals surface area contributed by atoms with E-state index in [1.807, 2.05) is 31.3 Å². The molecule has 1 N–H and O–H groups in total. The molecule has 0 unspecified atom stereocenters. The molecule has 1 saturated heterocycles. The number of methoxy groups -OCH3 is 1. The largest absolute Gasteiger partial charge is 0.497 e. The number of rotatable bonds is 10. The van der Waals surface area contributed by atoms with Crippen LogP contribution in [0, 0.1) is 5.92 Å². The lowest BCUT2D eigenvalue weighted by atomic mass is 9.96. The Labute approximate surface area is 187 Å². The molecule has 1 aromatic rings. The fourth-order valence-corrected chi connectivity index (χ4v) is 3.19. The summed E-state index contributed by atoms with van der Waals surface area (Å²) in [6.45, 7) is 5.07. The number of hydrogen-bond donors (Lipinski definition) is 1. The minimum Gasteiger partial charge on any atom is -0.497 e. The lowest BCUT2D eigenvalue weighted by molar-refractivity contribution is 0.0625. The van der Waals surface area contributed by atoms with Gasteiger partial charge in [-0.05, 0) is 49.3 Å². The van der Waals surface area contributed by atoms with Crippen molar-refractivity contribution in [2.24, 2.45) is 10.9 Å². The second-order valence-electron chi connectivity index (χ2n) is 6.99. The summed E-state index contributed by atoms with van der Waals surface area (Å²) < 4.78 is 16.3. The van der Waals surface area contributed by atoms with Crippen molar-refractivity contribution in [3.8, 4) is 5.75 Å². The highest BCUT2D eigenvalue weighted by Crippen LogP contribution is 2.18. The van der Waals surface area contributed by atoms with Gasteiger partial charge >= 0.3 is 0 Å². The number of benzene rings is 1. The minimum absolute atomic E-state index is 0. The Morgan fingerprint density at radius 2 is 1.96 bits per heavy atom. The van der Waals surface area contributed by atoms with Crippen LogP contribution in [0.3, 0.4) is 0 Å². The van der Waals surface area contributed by atoms with Crippen molar-refractivity contribution in [1.82, 2.24) is 10.2 Å². The van der Waals surface area contributed by atoms with E-state index in [0.29, 0.717) is 6.61 Å². The van der Waals surface area contributed by atoms with Crippen LogP contribution in [0.4, 0.5) is 0 Å². The van der Waals surface area contributed by atoms with Crippen LogP contribution in [0.25, 0.3) is 0 Å². The molecule has 160 valence electrons. The molecule has 0 radical (unpaired) electrons. The average molecular weight is 505 g/mol. The van der Waals surface area contributed by atoms with Gasteiger partial charge in [-0.1, -0.05) is 12.1 Å². The summed E-state index contributed by atoms with van der Waals surface area (Å²) >= 11 is 0. The van der Waals surface area contributed by atoms with Gasteiger partial charge in [0.1, 0.15) is 5.75 Å². The van der Waals surface area contributed by atoms with Crippen LogP contribution in [0.2, 0.25) is 0 Å². The molecule has 1 aliphatic rings. The van der Waals surface area contributed by atoms with Crippen molar-refractivity contribution in [1.29, 1.82) is 0 Å². The average Bonchev–Trinajstić information content (AvgIpc) is 2.72. The van der Waals surface area contributed by atoms with Crippen LogP contribution in [0.15, 0.2) is 29.3 Å². The topological polar surface area (TPSA) is 55.3 Å². The van der Waals surface area contributed by atoms with Crippen LogP contribution in [-0.4, -0.2) is 65.0 Å². The third kappa shape index (κ3) is 9.43. The summed E-state index contributed by atoms with van der Waals surface area (Å²) in [7, 11) is 5.62. The first-order chi connectivity index (χ1) is 13.2. The Balaban J connectivity index is 0.00000392. The first-order valence-corrected chi connectivity index (χ1v) is 9.93. The third-order valence-electron chi connectivity index (χ3n) is 4.96. The lowest BCUT2D eigenvalue weighted by Gasteiger charge is -2.26. The van der Waals surface area contributed by atoms with Gasteiger partial charge in [-0.3, -0.25) is 4.99 Å². The molecule has 0 spiro atoms. The fraction of sp³-hybridized carbons (Fsp3) is 0.667. The summed E-state index contributed by atoms with van der Waals surface area (Å²) in [6, 6.07) is 7.99. The molecule has 0 aromatic heterocycles. The molecule has 6 nitrogen and oxygen atoms in total. The zero-order valence-electron chi connectivity index (χ0n) is 17.5. The number of aliphatic imine (C=N–C) groups is 1. The predicted molar refractivity (Wildman–Crippen MR) is 125 cm³/mol. The monoisotopic (exact) mass is 505 g/mol. The third-order valence-corrected chi connectivity index (χ3v) is 4.96. The summed E-state index contributed by atoms with van der Waals surface area (Å²) in [4.78, 5) is 6.60. The molecule has 7 heteroatoms. The summed E-state index contributed by atoms with van der Waals surface area (Å²) in [5, 5.41) is 3.43. The van der Waals surface area contributed by atoms with Gasteiger partial charge < -0.3 is 24.4 Å². The summed E-state index contributed by atoms with van der Waals surface area (Å²) in [5.41, 5.74) is 1.16. The quantitative estimate of drug-likeness (QED) is 0.228.